The van der Waals surface area contributed by atoms with Crippen LogP contribution in [0.1, 0.15) is 65.7 Å². The quantitative estimate of drug-likeness (QED) is 0.684. The van der Waals surface area contributed by atoms with Crippen LogP contribution in [0.3, 0.4) is 0 Å². The molecule has 84 valence electrons. The Bertz CT molecular complexity index is 147. The van der Waals surface area contributed by atoms with E-state index in [0.717, 1.165) is 6.04 Å². The summed E-state index contributed by atoms with van der Waals surface area (Å²) in [5.74, 6) is 0. The molecule has 0 heterocycles. The van der Waals surface area contributed by atoms with E-state index in [2.05, 4.69) is 26.1 Å². The van der Waals surface area contributed by atoms with Crippen molar-refractivity contribution in [2.24, 2.45) is 5.41 Å². The molecular formula is C13H27N. The molecule has 0 aliphatic heterocycles. The molecule has 0 spiro atoms. The summed E-state index contributed by atoms with van der Waals surface area (Å²) in [6.07, 6.45) is 9.69. The Hall–Kier alpha value is -0.0400. The Kier molecular flexibility index (Phi) is 4.94. The summed E-state index contributed by atoms with van der Waals surface area (Å²) in [5.41, 5.74) is 0.612. The maximum absolute atomic E-state index is 3.75. The molecule has 0 aromatic heterocycles. The van der Waals surface area contributed by atoms with Gasteiger partial charge in [0.2, 0.25) is 0 Å². The van der Waals surface area contributed by atoms with Crippen molar-refractivity contribution in [2.45, 2.75) is 71.8 Å². The first-order valence-electron chi connectivity index (χ1n) is 6.43. The highest BCUT2D eigenvalue weighted by Gasteiger charge is 2.28. The second-order valence-corrected chi connectivity index (χ2v) is 5.29. The Balaban J connectivity index is 2.23. The van der Waals surface area contributed by atoms with Crippen LogP contribution in [0.15, 0.2) is 0 Å². The molecule has 0 aromatic rings. The first-order valence-corrected chi connectivity index (χ1v) is 6.43. The Morgan fingerprint density at radius 2 is 1.86 bits per heavy atom. The van der Waals surface area contributed by atoms with E-state index in [0.29, 0.717) is 5.41 Å². The average molecular weight is 197 g/mol. The zero-order valence-electron chi connectivity index (χ0n) is 10.2. The molecule has 1 fully saturated rings. The van der Waals surface area contributed by atoms with Gasteiger partial charge in [0, 0.05) is 12.6 Å². The third-order valence-corrected chi connectivity index (χ3v) is 3.76. The predicted molar refractivity (Wildman–Crippen MR) is 63.6 cm³/mol. The van der Waals surface area contributed by atoms with Gasteiger partial charge in [0.15, 0.2) is 0 Å². The Labute approximate surface area is 89.7 Å². The number of rotatable bonds is 6. The average Bonchev–Trinajstić information content (AvgIpc) is 2.60. The summed E-state index contributed by atoms with van der Waals surface area (Å²) in [6, 6.07) is 0.762. The van der Waals surface area contributed by atoms with Crippen LogP contribution in [0.25, 0.3) is 0 Å². The van der Waals surface area contributed by atoms with E-state index in [9.17, 15) is 0 Å². The first-order chi connectivity index (χ1) is 6.70. The molecule has 1 N–H and O–H groups in total. The lowest BCUT2D eigenvalue weighted by atomic mass is 9.88. The van der Waals surface area contributed by atoms with Gasteiger partial charge in [-0.15, -0.1) is 0 Å². The first kappa shape index (κ1) is 12.0. The van der Waals surface area contributed by atoms with E-state index >= 15 is 0 Å². The van der Waals surface area contributed by atoms with Gasteiger partial charge in [-0.25, -0.2) is 0 Å². The molecule has 0 bridgehead atoms. The molecule has 0 amide bonds. The normalized spacial score (nSPS) is 22.5. The van der Waals surface area contributed by atoms with Crippen molar-refractivity contribution < 1.29 is 0 Å². The fourth-order valence-electron chi connectivity index (χ4n) is 2.60. The van der Waals surface area contributed by atoms with Gasteiger partial charge in [-0.2, -0.15) is 0 Å². The molecule has 1 rings (SSSR count). The highest BCUT2D eigenvalue weighted by molar-refractivity contribution is 4.83. The van der Waals surface area contributed by atoms with Crippen molar-refractivity contribution in [3.8, 4) is 0 Å². The van der Waals surface area contributed by atoms with Crippen LogP contribution in [-0.4, -0.2) is 12.6 Å². The van der Waals surface area contributed by atoms with Crippen LogP contribution in [-0.2, 0) is 0 Å². The maximum atomic E-state index is 3.75. The van der Waals surface area contributed by atoms with Crippen LogP contribution < -0.4 is 5.32 Å². The molecule has 1 saturated carbocycles. The molecule has 1 atom stereocenters. The van der Waals surface area contributed by atoms with E-state index in [1.54, 1.807) is 0 Å². The third kappa shape index (κ3) is 3.61. The minimum atomic E-state index is 0.612. The monoisotopic (exact) mass is 197 g/mol. The molecule has 0 aromatic carbocycles. The number of hydrogen-bond donors (Lipinski definition) is 1. The third-order valence-electron chi connectivity index (χ3n) is 3.76. The van der Waals surface area contributed by atoms with Gasteiger partial charge in [-0.05, 0) is 31.1 Å². The van der Waals surface area contributed by atoms with E-state index in [1.165, 1.54) is 51.5 Å². The van der Waals surface area contributed by atoms with Crippen LogP contribution in [0.5, 0.6) is 0 Å². The fraction of sp³-hybridized carbons (Fsp3) is 1.00. The molecule has 1 unspecified atom stereocenters. The van der Waals surface area contributed by atoms with Crippen LogP contribution in [0.2, 0.25) is 0 Å². The predicted octanol–water partition coefficient (Wildman–Crippen LogP) is 3.74. The molecule has 1 aliphatic rings. The van der Waals surface area contributed by atoms with Crippen molar-refractivity contribution in [1.82, 2.24) is 5.32 Å². The molecule has 14 heavy (non-hydrogen) atoms. The van der Waals surface area contributed by atoms with Crippen molar-refractivity contribution in [3.05, 3.63) is 0 Å². The zero-order chi connectivity index (χ0) is 10.4. The van der Waals surface area contributed by atoms with Gasteiger partial charge < -0.3 is 5.32 Å². The van der Waals surface area contributed by atoms with Gasteiger partial charge >= 0.3 is 0 Å². The van der Waals surface area contributed by atoms with Crippen LogP contribution in [0.4, 0.5) is 0 Å². The number of nitrogens with one attached hydrogen (secondary N) is 1. The zero-order valence-corrected chi connectivity index (χ0v) is 10.2. The standard InChI is InChI=1S/C13H27N/c1-4-8-12(5-2)14-11-13(3)9-6-7-10-13/h12,14H,4-11H2,1-3H3. The maximum Gasteiger partial charge on any atom is 0.00645 e. The summed E-state index contributed by atoms with van der Waals surface area (Å²) < 4.78 is 0. The Morgan fingerprint density at radius 1 is 1.21 bits per heavy atom. The van der Waals surface area contributed by atoms with E-state index < -0.39 is 0 Å². The SMILES string of the molecule is CCCC(CC)NCC1(C)CCCC1. The van der Waals surface area contributed by atoms with Crippen molar-refractivity contribution in [1.29, 1.82) is 0 Å². The molecule has 0 saturated heterocycles. The van der Waals surface area contributed by atoms with E-state index in [1.807, 2.05) is 0 Å². The highest BCUT2D eigenvalue weighted by atomic mass is 14.9. The van der Waals surface area contributed by atoms with Crippen molar-refractivity contribution in [2.75, 3.05) is 6.54 Å². The lowest BCUT2D eigenvalue weighted by Crippen LogP contribution is -2.36. The van der Waals surface area contributed by atoms with Gasteiger partial charge in [0.05, 0.1) is 0 Å². The summed E-state index contributed by atoms with van der Waals surface area (Å²) in [6.45, 7) is 8.27. The molecular weight excluding hydrogens is 170 g/mol. The van der Waals surface area contributed by atoms with Crippen molar-refractivity contribution >= 4 is 0 Å². The van der Waals surface area contributed by atoms with Gasteiger partial charge in [0.1, 0.15) is 0 Å². The van der Waals surface area contributed by atoms with Gasteiger partial charge in [-0.1, -0.05) is 40.0 Å². The molecule has 1 aliphatic carbocycles. The lowest BCUT2D eigenvalue weighted by molar-refractivity contribution is 0.289. The molecule has 1 heteroatoms. The second-order valence-electron chi connectivity index (χ2n) is 5.29. The van der Waals surface area contributed by atoms with Crippen LogP contribution in [0, 0.1) is 5.41 Å². The summed E-state index contributed by atoms with van der Waals surface area (Å²) in [5, 5.41) is 3.75. The van der Waals surface area contributed by atoms with E-state index in [4.69, 9.17) is 0 Å². The molecule has 0 radical (unpaired) electrons. The highest BCUT2D eigenvalue weighted by Crippen LogP contribution is 2.36. The largest absolute Gasteiger partial charge is 0.313 e. The van der Waals surface area contributed by atoms with Gasteiger partial charge in [-0.3, -0.25) is 0 Å². The summed E-state index contributed by atoms with van der Waals surface area (Å²) in [7, 11) is 0. The Morgan fingerprint density at radius 3 is 2.36 bits per heavy atom. The molecule has 1 nitrogen and oxygen atoms in total. The minimum Gasteiger partial charge on any atom is -0.313 e. The van der Waals surface area contributed by atoms with Crippen molar-refractivity contribution in [3.63, 3.8) is 0 Å². The minimum absolute atomic E-state index is 0.612. The summed E-state index contributed by atoms with van der Waals surface area (Å²) >= 11 is 0. The number of hydrogen-bond acceptors (Lipinski definition) is 1. The fourth-order valence-corrected chi connectivity index (χ4v) is 2.60. The smallest absolute Gasteiger partial charge is 0.00645 e. The topological polar surface area (TPSA) is 12.0 Å². The lowest BCUT2D eigenvalue weighted by Gasteiger charge is -2.27. The summed E-state index contributed by atoms with van der Waals surface area (Å²) in [4.78, 5) is 0. The second kappa shape index (κ2) is 5.75. The van der Waals surface area contributed by atoms with Gasteiger partial charge in [0.25, 0.3) is 0 Å². The van der Waals surface area contributed by atoms with Crippen LogP contribution >= 0.6 is 0 Å². The van der Waals surface area contributed by atoms with E-state index in [-0.39, 0.29) is 0 Å².